The third-order valence-corrected chi connectivity index (χ3v) is 4.59. The fourth-order valence-corrected chi connectivity index (χ4v) is 2.97. The summed E-state index contributed by atoms with van der Waals surface area (Å²) in [4.78, 5) is 13.8. The lowest BCUT2D eigenvalue weighted by atomic mass is 10.0. The molecule has 0 aliphatic rings. The van der Waals surface area contributed by atoms with Crippen molar-refractivity contribution in [3.8, 4) is 11.5 Å². The highest BCUT2D eigenvalue weighted by Crippen LogP contribution is 2.27. The molecule has 1 N–H and O–H groups in total. The zero-order valence-electron chi connectivity index (χ0n) is 17.2. The van der Waals surface area contributed by atoms with E-state index in [1.807, 2.05) is 30.3 Å². The minimum absolute atomic E-state index is 0.125. The molecule has 1 amide bonds. The maximum absolute atomic E-state index is 12.3. The highest BCUT2D eigenvalue weighted by molar-refractivity contribution is 5.91. The van der Waals surface area contributed by atoms with Crippen molar-refractivity contribution in [1.29, 1.82) is 0 Å². The summed E-state index contributed by atoms with van der Waals surface area (Å²) < 4.78 is 10.6. The second kappa shape index (κ2) is 9.23. The Morgan fingerprint density at radius 2 is 1.72 bits per heavy atom. The van der Waals surface area contributed by atoms with Gasteiger partial charge in [0.25, 0.3) is 0 Å². The topological polar surface area (TPSA) is 78.3 Å². The van der Waals surface area contributed by atoms with Gasteiger partial charge in [-0.15, -0.1) is 5.10 Å². The zero-order chi connectivity index (χ0) is 20.8. The molecule has 7 nitrogen and oxygen atoms in total. The number of nitrogens with zero attached hydrogens (tertiary/aromatic N) is 3. The fourth-order valence-electron chi connectivity index (χ4n) is 2.97. The molecule has 0 spiro atoms. The summed E-state index contributed by atoms with van der Waals surface area (Å²) in [6.07, 6.45) is 1.83. The number of rotatable bonds is 8. The van der Waals surface area contributed by atoms with Crippen molar-refractivity contribution < 1.29 is 14.3 Å². The Kier molecular flexibility index (Phi) is 6.49. The summed E-state index contributed by atoms with van der Waals surface area (Å²) in [7, 11) is 3.19. The predicted molar refractivity (Wildman–Crippen MR) is 112 cm³/mol. The van der Waals surface area contributed by atoms with Gasteiger partial charge in [0, 0.05) is 0 Å². The molecule has 152 valence electrons. The van der Waals surface area contributed by atoms with Crippen molar-refractivity contribution in [2.24, 2.45) is 0 Å². The van der Waals surface area contributed by atoms with E-state index >= 15 is 0 Å². The highest BCUT2D eigenvalue weighted by atomic mass is 16.5. The first-order valence-corrected chi connectivity index (χ1v) is 9.48. The van der Waals surface area contributed by atoms with Crippen LogP contribution < -0.4 is 14.8 Å². The first-order valence-electron chi connectivity index (χ1n) is 9.48. The molecule has 0 atom stereocenters. The van der Waals surface area contributed by atoms with Gasteiger partial charge in [0.05, 0.1) is 33.4 Å². The van der Waals surface area contributed by atoms with Crippen LogP contribution in [0.5, 0.6) is 11.5 Å². The van der Waals surface area contributed by atoms with Gasteiger partial charge in [-0.25, -0.2) is 0 Å². The lowest BCUT2D eigenvalue weighted by Crippen LogP contribution is -2.15. The van der Waals surface area contributed by atoms with Gasteiger partial charge in [0.15, 0.2) is 17.3 Å². The van der Waals surface area contributed by atoms with Crippen LogP contribution in [0.25, 0.3) is 0 Å². The van der Waals surface area contributed by atoms with Crippen LogP contribution in [0.2, 0.25) is 0 Å². The Morgan fingerprint density at radius 3 is 2.38 bits per heavy atom. The van der Waals surface area contributed by atoms with Gasteiger partial charge in [0.1, 0.15) is 0 Å². The second-order valence-electron chi connectivity index (χ2n) is 7.07. The van der Waals surface area contributed by atoms with Crippen molar-refractivity contribution >= 4 is 11.7 Å². The van der Waals surface area contributed by atoms with Gasteiger partial charge in [-0.3, -0.25) is 4.79 Å². The second-order valence-corrected chi connectivity index (χ2v) is 7.07. The number of nitrogens with one attached hydrogen (secondary N) is 1. The molecule has 1 heterocycles. The van der Waals surface area contributed by atoms with Crippen molar-refractivity contribution in [2.45, 2.75) is 32.7 Å². The summed E-state index contributed by atoms with van der Waals surface area (Å²) in [6.45, 7) is 4.74. The number of methoxy groups -OCH3 is 2. The largest absolute Gasteiger partial charge is 0.493 e. The van der Waals surface area contributed by atoms with E-state index in [-0.39, 0.29) is 5.91 Å². The molecule has 0 radical (unpaired) electrons. The highest BCUT2D eigenvalue weighted by Gasteiger charge is 2.10. The molecular formula is C22H26N4O3. The van der Waals surface area contributed by atoms with E-state index in [0.717, 1.165) is 11.1 Å². The lowest BCUT2D eigenvalue weighted by molar-refractivity contribution is -0.115. The number of anilines is 1. The quantitative estimate of drug-likeness (QED) is 0.631. The molecule has 3 rings (SSSR count). The van der Waals surface area contributed by atoms with E-state index in [2.05, 4.69) is 41.5 Å². The number of hydrogen-bond acceptors (Lipinski definition) is 5. The van der Waals surface area contributed by atoms with Crippen LogP contribution in [-0.2, 0) is 17.8 Å². The van der Waals surface area contributed by atoms with Crippen LogP contribution >= 0.6 is 0 Å². The van der Waals surface area contributed by atoms with Crippen LogP contribution in [0.15, 0.2) is 48.7 Å². The van der Waals surface area contributed by atoms with Gasteiger partial charge in [-0.2, -0.15) is 9.90 Å². The van der Waals surface area contributed by atoms with E-state index in [1.165, 1.54) is 10.4 Å². The van der Waals surface area contributed by atoms with Crippen LogP contribution in [0.3, 0.4) is 0 Å². The molecule has 0 fully saturated rings. The van der Waals surface area contributed by atoms with E-state index < -0.39 is 0 Å². The molecule has 7 heteroatoms. The average Bonchev–Trinajstić information content (AvgIpc) is 3.14. The molecule has 0 unspecified atom stereocenters. The predicted octanol–water partition coefficient (Wildman–Crippen LogP) is 3.65. The van der Waals surface area contributed by atoms with Crippen LogP contribution in [-0.4, -0.2) is 35.1 Å². The maximum atomic E-state index is 12.3. The smallest absolute Gasteiger partial charge is 0.230 e. The fraction of sp³-hybridized carbons (Fsp3) is 0.318. The number of amides is 1. The normalized spacial score (nSPS) is 10.8. The van der Waals surface area contributed by atoms with Crippen molar-refractivity contribution in [3.63, 3.8) is 0 Å². The monoisotopic (exact) mass is 394 g/mol. The van der Waals surface area contributed by atoms with Crippen LogP contribution in [0.4, 0.5) is 5.82 Å². The number of benzene rings is 2. The number of carbonyl (C=O) groups is 1. The minimum Gasteiger partial charge on any atom is -0.493 e. The first-order chi connectivity index (χ1) is 14.0. The van der Waals surface area contributed by atoms with Gasteiger partial charge in [-0.05, 0) is 34.7 Å². The third-order valence-electron chi connectivity index (χ3n) is 4.59. The number of aromatic nitrogens is 3. The Hall–Kier alpha value is -3.35. The zero-order valence-corrected chi connectivity index (χ0v) is 17.2. The summed E-state index contributed by atoms with van der Waals surface area (Å²) in [5, 5.41) is 11.3. The van der Waals surface area contributed by atoms with E-state index in [0.29, 0.717) is 36.2 Å². The molecule has 0 aliphatic carbocycles. The summed E-state index contributed by atoms with van der Waals surface area (Å²) >= 11 is 0. The third kappa shape index (κ3) is 5.34. The Labute approximate surface area is 170 Å². The van der Waals surface area contributed by atoms with E-state index in [4.69, 9.17) is 9.47 Å². The van der Waals surface area contributed by atoms with Crippen LogP contribution in [0.1, 0.15) is 36.5 Å². The lowest BCUT2D eigenvalue weighted by Gasteiger charge is -2.09. The minimum atomic E-state index is -0.125. The Balaban J connectivity index is 1.59. The molecule has 0 aliphatic heterocycles. The van der Waals surface area contributed by atoms with E-state index in [1.54, 1.807) is 20.4 Å². The summed E-state index contributed by atoms with van der Waals surface area (Å²) in [6, 6.07) is 13.7. The first kappa shape index (κ1) is 20.4. The molecule has 2 aromatic carbocycles. The van der Waals surface area contributed by atoms with Crippen molar-refractivity contribution in [1.82, 2.24) is 15.0 Å². The molecule has 29 heavy (non-hydrogen) atoms. The SMILES string of the molecule is COc1ccc(Cn2ncc(NC(=O)Cc3ccc(C(C)C)cc3)n2)cc1OC. The van der Waals surface area contributed by atoms with Gasteiger partial charge in [-0.1, -0.05) is 44.2 Å². The van der Waals surface area contributed by atoms with Crippen molar-refractivity contribution in [3.05, 3.63) is 65.4 Å². The molecule has 0 saturated heterocycles. The van der Waals surface area contributed by atoms with Gasteiger partial charge < -0.3 is 14.8 Å². The molecule has 0 saturated carbocycles. The molecule has 1 aromatic heterocycles. The Morgan fingerprint density at radius 1 is 1.03 bits per heavy atom. The van der Waals surface area contributed by atoms with E-state index in [9.17, 15) is 4.79 Å². The Bertz CT molecular complexity index is 964. The van der Waals surface area contributed by atoms with Gasteiger partial charge >= 0.3 is 0 Å². The number of carbonyl (C=O) groups excluding carboxylic acids is 1. The summed E-state index contributed by atoms with van der Waals surface area (Å²) in [5.74, 6) is 2.08. The molecule has 0 bridgehead atoms. The summed E-state index contributed by atoms with van der Waals surface area (Å²) in [5.41, 5.74) is 3.18. The average molecular weight is 394 g/mol. The molecular weight excluding hydrogens is 368 g/mol. The number of ether oxygens (including phenoxy) is 2. The standard InChI is InChI=1S/C22H26N4O3/c1-15(2)18-8-5-16(6-9-18)12-22(27)24-21-13-23-26(25-21)14-17-7-10-19(28-3)20(11-17)29-4/h5-11,13,15H,12,14H2,1-4H3,(H,24,25,27). The van der Waals surface area contributed by atoms with Gasteiger partial charge in [0.2, 0.25) is 5.91 Å². The maximum Gasteiger partial charge on any atom is 0.230 e. The van der Waals surface area contributed by atoms with Crippen molar-refractivity contribution in [2.75, 3.05) is 19.5 Å². The van der Waals surface area contributed by atoms with Crippen LogP contribution in [0, 0.1) is 0 Å². The number of hydrogen-bond donors (Lipinski definition) is 1. The molecule has 3 aromatic rings.